The number of aliphatic hydroxyl groups is 3. The molecule has 3 heterocycles. The minimum Gasteiger partial charge on any atom is -0.469 e. The van der Waals surface area contributed by atoms with Gasteiger partial charge in [-0.1, -0.05) is 0 Å². The minimum absolute atomic E-state index is 0.0130. The van der Waals surface area contributed by atoms with Crippen molar-refractivity contribution in [2.75, 3.05) is 19.5 Å². The molecule has 1 aliphatic heterocycles. The van der Waals surface area contributed by atoms with Crippen LogP contribution in [0.4, 0.5) is 5.95 Å². The zero-order chi connectivity index (χ0) is 20.6. The minimum atomic E-state index is -1.55. The van der Waals surface area contributed by atoms with Crippen LogP contribution in [0.15, 0.2) is 9.59 Å². The fraction of sp³-hybridized carbons (Fsp3) is 0.600. The number of fused-ring (bicyclic) bond motifs is 1. The van der Waals surface area contributed by atoms with Crippen molar-refractivity contribution in [1.82, 2.24) is 19.1 Å². The third kappa shape index (κ3) is 3.28. The molecule has 154 valence electrons. The number of aromatic amines is 1. The van der Waals surface area contributed by atoms with Gasteiger partial charge in [0, 0.05) is 13.0 Å². The summed E-state index contributed by atoms with van der Waals surface area (Å²) in [5.74, 6) is -0.735. The van der Waals surface area contributed by atoms with Crippen LogP contribution in [0.1, 0.15) is 19.1 Å². The Balaban J connectivity index is 2.10. The van der Waals surface area contributed by atoms with Gasteiger partial charge in [-0.15, -0.1) is 0 Å². The highest BCUT2D eigenvalue weighted by Crippen LogP contribution is 2.30. The molecule has 2 aromatic rings. The molecule has 1 unspecified atom stereocenters. The first-order valence-corrected chi connectivity index (χ1v) is 8.50. The molecule has 0 bridgehead atoms. The molecule has 4 atom stereocenters. The second-order valence-electron chi connectivity index (χ2n) is 6.34. The Morgan fingerprint density at radius 3 is 2.68 bits per heavy atom. The van der Waals surface area contributed by atoms with Crippen molar-refractivity contribution >= 4 is 23.1 Å². The van der Waals surface area contributed by atoms with Gasteiger partial charge >= 0.3 is 11.7 Å². The maximum absolute atomic E-state index is 13.0. The molecule has 28 heavy (non-hydrogen) atoms. The van der Waals surface area contributed by atoms with Gasteiger partial charge in [0.1, 0.15) is 18.3 Å². The molecule has 1 saturated heterocycles. The maximum atomic E-state index is 13.0. The Kier molecular flexibility index (Phi) is 5.51. The fourth-order valence-corrected chi connectivity index (χ4v) is 3.21. The van der Waals surface area contributed by atoms with Gasteiger partial charge in [-0.25, -0.2) is 9.36 Å². The third-order valence-electron chi connectivity index (χ3n) is 4.59. The molecule has 0 saturated carbocycles. The number of ether oxygens (including phenoxy) is 2. The first-order valence-electron chi connectivity index (χ1n) is 8.50. The predicted molar refractivity (Wildman–Crippen MR) is 93.3 cm³/mol. The van der Waals surface area contributed by atoms with E-state index >= 15 is 0 Å². The molecule has 0 amide bonds. The van der Waals surface area contributed by atoms with E-state index < -0.39 is 48.4 Å². The second kappa shape index (κ2) is 7.71. The Bertz CT molecular complexity index is 995. The largest absolute Gasteiger partial charge is 0.469 e. The number of hydrogen-bond donors (Lipinski definition) is 5. The van der Waals surface area contributed by atoms with Crippen molar-refractivity contribution in [2.45, 2.75) is 43.9 Å². The number of anilines is 1. The second-order valence-corrected chi connectivity index (χ2v) is 6.34. The quantitative estimate of drug-likeness (QED) is 0.313. The summed E-state index contributed by atoms with van der Waals surface area (Å²) in [6, 6.07) is 0. The number of aryl methyl sites for hydroxylation is 1. The molecule has 6 N–H and O–H groups in total. The first kappa shape index (κ1) is 20.0. The number of carbonyl (C=O) groups is 1. The number of nitrogen functional groups attached to an aromatic ring is 1. The molecule has 0 aromatic carbocycles. The number of hydrogen-bond acceptors (Lipinski definition) is 10. The van der Waals surface area contributed by atoms with Gasteiger partial charge in [0.15, 0.2) is 17.4 Å². The molecule has 0 spiro atoms. The van der Waals surface area contributed by atoms with Gasteiger partial charge in [-0.3, -0.25) is 19.1 Å². The molecule has 3 rings (SSSR count). The molecule has 1 fully saturated rings. The van der Waals surface area contributed by atoms with Crippen LogP contribution in [-0.2, 0) is 20.8 Å². The van der Waals surface area contributed by atoms with Crippen LogP contribution in [0, 0.1) is 0 Å². The van der Waals surface area contributed by atoms with Gasteiger partial charge in [0.25, 0.3) is 5.56 Å². The zero-order valence-corrected chi connectivity index (χ0v) is 14.9. The van der Waals surface area contributed by atoms with Gasteiger partial charge in [-0.2, -0.15) is 4.98 Å². The number of rotatable bonds is 6. The van der Waals surface area contributed by atoms with Crippen molar-refractivity contribution < 1.29 is 29.6 Å². The number of methoxy groups -OCH3 is 1. The fourth-order valence-electron chi connectivity index (χ4n) is 3.21. The van der Waals surface area contributed by atoms with Crippen LogP contribution in [-0.4, -0.2) is 72.4 Å². The number of nitrogens with one attached hydrogen (secondary N) is 1. The van der Waals surface area contributed by atoms with Crippen LogP contribution in [0.25, 0.3) is 11.2 Å². The Labute approximate surface area is 156 Å². The summed E-state index contributed by atoms with van der Waals surface area (Å²) in [4.78, 5) is 42.9. The zero-order valence-electron chi connectivity index (χ0n) is 14.9. The van der Waals surface area contributed by atoms with Crippen molar-refractivity contribution in [3.05, 3.63) is 20.8 Å². The molecule has 13 heteroatoms. The number of aromatic nitrogens is 4. The summed E-state index contributed by atoms with van der Waals surface area (Å²) in [7, 11) is 1.24. The van der Waals surface area contributed by atoms with Gasteiger partial charge < -0.3 is 30.5 Å². The summed E-state index contributed by atoms with van der Waals surface area (Å²) in [5.41, 5.74) is 3.86. The molecule has 0 radical (unpaired) electrons. The number of carbonyl (C=O) groups excluding carboxylic acids is 1. The molecule has 13 nitrogen and oxygen atoms in total. The molecular formula is C15H21N5O8. The highest BCUT2D eigenvalue weighted by Gasteiger charge is 2.45. The molecule has 2 aromatic heterocycles. The first-order chi connectivity index (χ1) is 13.3. The van der Waals surface area contributed by atoms with Crippen molar-refractivity contribution in [1.29, 1.82) is 0 Å². The average Bonchev–Trinajstić information content (AvgIpc) is 3.09. The highest BCUT2D eigenvalue weighted by molar-refractivity contribution is 5.72. The van der Waals surface area contributed by atoms with Crippen LogP contribution >= 0.6 is 0 Å². The summed E-state index contributed by atoms with van der Waals surface area (Å²) >= 11 is 0. The monoisotopic (exact) mass is 399 g/mol. The SMILES string of the molecule is COC(=O)CCCn1c(=O)n([C@@H]2OC(CO)[C@H](O)[C@H]2O)c2nc(N)[nH]c(=O)c21. The summed E-state index contributed by atoms with van der Waals surface area (Å²) in [5, 5.41) is 29.5. The lowest BCUT2D eigenvalue weighted by molar-refractivity contribution is -0.140. The van der Waals surface area contributed by atoms with E-state index in [1.807, 2.05) is 0 Å². The lowest BCUT2D eigenvalue weighted by Crippen LogP contribution is -2.36. The van der Waals surface area contributed by atoms with Crippen LogP contribution < -0.4 is 17.0 Å². The smallest absolute Gasteiger partial charge is 0.332 e. The lowest BCUT2D eigenvalue weighted by Gasteiger charge is -2.15. The number of aliphatic hydroxyl groups excluding tert-OH is 3. The predicted octanol–water partition coefficient (Wildman–Crippen LogP) is -2.97. The van der Waals surface area contributed by atoms with Crippen molar-refractivity contribution in [3.63, 3.8) is 0 Å². The number of imidazole rings is 1. The number of H-pyrrole nitrogens is 1. The summed E-state index contributed by atoms with van der Waals surface area (Å²) in [6.07, 6.45) is -5.29. The van der Waals surface area contributed by atoms with E-state index in [0.717, 1.165) is 9.13 Å². The standard InChI is InChI=1S/C15H21N5O8/c1-27-7(22)3-2-4-19-8-11(17-14(16)18-12(8)25)20(15(19)26)13-10(24)9(23)6(5-21)28-13/h6,9-10,13,21,23-24H,2-5H2,1H3,(H3,16,17,18,25)/t6?,9-,10+,13+/m0/s1. The summed E-state index contributed by atoms with van der Waals surface area (Å²) in [6.45, 7) is -0.599. The topological polar surface area (TPSA) is 195 Å². The lowest BCUT2D eigenvalue weighted by atomic mass is 10.1. The maximum Gasteiger partial charge on any atom is 0.332 e. The average molecular weight is 399 g/mol. The Morgan fingerprint density at radius 2 is 2.07 bits per heavy atom. The molecule has 1 aliphatic rings. The number of nitrogens with zero attached hydrogens (tertiary/aromatic N) is 3. The Morgan fingerprint density at radius 1 is 1.36 bits per heavy atom. The van der Waals surface area contributed by atoms with Crippen LogP contribution in [0.3, 0.4) is 0 Å². The van der Waals surface area contributed by atoms with E-state index in [2.05, 4.69) is 14.7 Å². The summed E-state index contributed by atoms with van der Waals surface area (Å²) < 4.78 is 11.9. The van der Waals surface area contributed by atoms with Crippen molar-refractivity contribution in [3.8, 4) is 0 Å². The van der Waals surface area contributed by atoms with Gasteiger partial charge in [-0.05, 0) is 6.42 Å². The normalized spacial score (nSPS) is 24.7. The third-order valence-corrected chi connectivity index (χ3v) is 4.59. The van der Waals surface area contributed by atoms with Gasteiger partial charge in [0.2, 0.25) is 5.95 Å². The number of esters is 1. The van der Waals surface area contributed by atoms with E-state index in [4.69, 9.17) is 10.5 Å². The van der Waals surface area contributed by atoms with E-state index in [9.17, 15) is 29.7 Å². The van der Waals surface area contributed by atoms with Crippen molar-refractivity contribution in [2.24, 2.45) is 0 Å². The van der Waals surface area contributed by atoms with Gasteiger partial charge in [0.05, 0.1) is 13.7 Å². The van der Waals surface area contributed by atoms with Crippen LogP contribution in [0.2, 0.25) is 0 Å². The number of nitrogens with two attached hydrogens (primary N) is 1. The van der Waals surface area contributed by atoms with E-state index in [-0.39, 0.29) is 36.5 Å². The van der Waals surface area contributed by atoms with Crippen LogP contribution in [0.5, 0.6) is 0 Å². The Hall–Kier alpha value is -2.74. The van der Waals surface area contributed by atoms with E-state index in [1.54, 1.807) is 0 Å². The van der Waals surface area contributed by atoms with E-state index in [1.165, 1.54) is 7.11 Å². The van der Waals surface area contributed by atoms with E-state index in [0.29, 0.717) is 0 Å². The molecule has 0 aliphatic carbocycles. The highest BCUT2D eigenvalue weighted by atomic mass is 16.6. The molecular weight excluding hydrogens is 378 g/mol.